The van der Waals surface area contributed by atoms with Gasteiger partial charge < -0.3 is 11.1 Å². The molecule has 1 heterocycles. The average Bonchev–Trinajstić information content (AvgIpc) is 2.70. The van der Waals surface area contributed by atoms with E-state index in [0.29, 0.717) is 16.6 Å². The highest BCUT2D eigenvalue weighted by Crippen LogP contribution is 2.28. The number of nitrogens with two attached hydrogens (primary N) is 1. The summed E-state index contributed by atoms with van der Waals surface area (Å²) in [5, 5.41) is 3.91. The lowest BCUT2D eigenvalue weighted by Crippen LogP contribution is -2.32. The van der Waals surface area contributed by atoms with Crippen LogP contribution in [0.25, 0.3) is 10.2 Å². The summed E-state index contributed by atoms with van der Waals surface area (Å²) in [4.78, 5) is 16.5. The van der Waals surface area contributed by atoms with Gasteiger partial charge in [0.1, 0.15) is 0 Å². The summed E-state index contributed by atoms with van der Waals surface area (Å²) in [6.45, 7) is 1.86. The van der Waals surface area contributed by atoms with Crippen molar-refractivity contribution in [2.75, 3.05) is 5.32 Å². The molecule has 2 rings (SSSR count). The van der Waals surface area contributed by atoms with Crippen LogP contribution in [-0.4, -0.2) is 15.9 Å². The third kappa shape index (κ3) is 3.20. The summed E-state index contributed by atoms with van der Waals surface area (Å²) >= 11 is 12.1. The Morgan fingerprint density at radius 2 is 2.37 bits per heavy atom. The molecule has 1 amide bonds. The highest BCUT2D eigenvalue weighted by molar-refractivity contribution is 7.80. The molecule has 2 aromatic rings. The minimum Gasteiger partial charge on any atom is -0.393 e. The lowest BCUT2D eigenvalue weighted by molar-refractivity contribution is -0.118. The monoisotopic (exact) mass is 313 g/mol. The topological polar surface area (TPSA) is 68.0 Å². The molecular weight excluding hydrogens is 302 g/mol. The number of amides is 1. The average molecular weight is 314 g/mol. The molecule has 3 N–H and O–H groups in total. The summed E-state index contributed by atoms with van der Waals surface area (Å²) in [7, 11) is 0. The van der Waals surface area contributed by atoms with Gasteiger partial charge in [0, 0.05) is 5.02 Å². The van der Waals surface area contributed by atoms with E-state index < -0.39 is 5.92 Å². The Labute approximate surface area is 125 Å². The number of fused-ring (bicyclic) bond motifs is 1. The predicted molar refractivity (Wildman–Crippen MR) is 83.8 cm³/mol. The summed E-state index contributed by atoms with van der Waals surface area (Å²) in [5.41, 5.74) is 6.33. The number of aromatic nitrogens is 1. The van der Waals surface area contributed by atoms with Crippen molar-refractivity contribution in [3.05, 3.63) is 23.2 Å². The largest absolute Gasteiger partial charge is 0.393 e. The number of nitrogens with one attached hydrogen (secondary N) is 1. The van der Waals surface area contributed by atoms with Crippen molar-refractivity contribution in [3.63, 3.8) is 0 Å². The van der Waals surface area contributed by atoms with Gasteiger partial charge in [-0.05, 0) is 24.6 Å². The molecule has 100 valence electrons. The maximum atomic E-state index is 12.0. The van der Waals surface area contributed by atoms with Gasteiger partial charge in [0.05, 0.1) is 21.1 Å². The van der Waals surface area contributed by atoms with E-state index in [4.69, 9.17) is 29.6 Å². The number of thiocarbonyl (C=S) groups is 1. The molecule has 1 unspecified atom stereocenters. The summed E-state index contributed by atoms with van der Waals surface area (Å²) in [6, 6.07) is 5.39. The van der Waals surface area contributed by atoms with Crippen LogP contribution in [0.5, 0.6) is 0 Å². The SMILES string of the molecule is CCC(C(=O)Nc1nc2ccc(Cl)cc2s1)C(N)=S. The molecule has 0 saturated carbocycles. The molecular formula is C12H12ClN3OS2. The molecule has 4 nitrogen and oxygen atoms in total. The van der Waals surface area contributed by atoms with Crippen molar-refractivity contribution in [2.24, 2.45) is 11.7 Å². The maximum Gasteiger partial charge on any atom is 0.236 e. The number of nitrogens with zero attached hydrogens (tertiary/aromatic N) is 1. The van der Waals surface area contributed by atoms with Crippen LogP contribution in [0.4, 0.5) is 5.13 Å². The first-order valence-corrected chi connectivity index (χ1v) is 7.27. The van der Waals surface area contributed by atoms with E-state index in [0.717, 1.165) is 10.2 Å². The second-order valence-corrected chi connectivity index (χ2v) is 5.92. The second-order valence-electron chi connectivity index (χ2n) is 3.98. The number of anilines is 1. The van der Waals surface area contributed by atoms with E-state index in [1.165, 1.54) is 11.3 Å². The van der Waals surface area contributed by atoms with Gasteiger partial charge in [-0.2, -0.15) is 0 Å². The zero-order chi connectivity index (χ0) is 14.0. The zero-order valence-corrected chi connectivity index (χ0v) is 12.5. The molecule has 7 heteroatoms. The molecule has 0 aliphatic rings. The van der Waals surface area contributed by atoms with Crippen molar-refractivity contribution in [2.45, 2.75) is 13.3 Å². The molecule has 1 aromatic carbocycles. The molecule has 0 aliphatic heterocycles. The van der Waals surface area contributed by atoms with E-state index in [9.17, 15) is 4.79 Å². The van der Waals surface area contributed by atoms with Crippen LogP contribution in [0, 0.1) is 5.92 Å². The van der Waals surface area contributed by atoms with Crippen molar-refractivity contribution in [3.8, 4) is 0 Å². The lowest BCUT2D eigenvalue weighted by Gasteiger charge is -2.11. The van der Waals surface area contributed by atoms with Crippen LogP contribution < -0.4 is 11.1 Å². The fourth-order valence-corrected chi connectivity index (χ4v) is 3.08. The number of carbonyl (C=O) groups is 1. The zero-order valence-electron chi connectivity index (χ0n) is 10.1. The molecule has 0 radical (unpaired) electrons. The Morgan fingerprint density at radius 3 is 3.00 bits per heavy atom. The van der Waals surface area contributed by atoms with Crippen molar-refractivity contribution in [1.82, 2.24) is 4.98 Å². The predicted octanol–water partition coefficient (Wildman–Crippen LogP) is 3.20. The number of hydrogen-bond donors (Lipinski definition) is 2. The fraction of sp³-hybridized carbons (Fsp3) is 0.250. The van der Waals surface area contributed by atoms with E-state index in [1.54, 1.807) is 6.07 Å². The minimum atomic E-state index is -0.467. The van der Waals surface area contributed by atoms with Gasteiger partial charge in [-0.1, -0.05) is 42.1 Å². The van der Waals surface area contributed by atoms with Gasteiger partial charge in [-0.3, -0.25) is 4.79 Å². The first-order valence-electron chi connectivity index (χ1n) is 5.67. The highest BCUT2D eigenvalue weighted by atomic mass is 35.5. The van der Waals surface area contributed by atoms with Gasteiger partial charge in [-0.15, -0.1) is 0 Å². The fourth-order valence-electron chi connectivity index (χ4n) is 1.66. The molecule has 1 atom stereocenters. The van der Waals surface area contributed by atoms with Gasteiger partial charge >= 0.3 is 0 Å². The second kappa shape index (κ2) is 5.81. The lowest BCUT2D eigenvalue weighted by atomic mass is 10.1. The molecule has 1 aromatic heterocycles. The third-order valence-corrected chi connectivity index (χ3v) is 4.10. The Bertz CT molecular complexity index is 641. The molecule has 0 fully saturated rings. The Balaban J connectivity index is 2.21. The quantitative estimate of drug-likeness (QED) is 0.851. The first-order chi connectivity index (χ1) is 9.01. The molecule has 0 bridgehead atoms. The molecule has 0 spiro atoms. The number of carbonyl (C=O) groups excluding carboxylic acids is 1. The van der Waals surface area contributed by atoms with Gasteiger partial charge in [0.15, 0.2) is 5.13 Å². The smallest absolute Gasteiger partial charge is 0.236 e. The van der Waals surface area contributed by atoms with Crippen LogP contribution in [0.15, 0.2) is 18.2 Å². The van der Waals surface area contributed by atoms with Gasteiger partial charge in [0.2, 0.25) is 5.91 Å². The molecule has 0 saturated heterocycles. The number of benzene rings is 1. The number of thiazole rings is 1. The van der Waals surface area contributed by atoms with Crippen LogP contribution in [0.2, 0.25) is 5.02 Å². The van der Waals surface area contributed by atoms with Crippen LogP contribution in [0.3, 0.4) is 0 Å². The van der Waals surface area contributed by atoms with E-state index in [-0.39, 0.29) is 10.9 Å². The van der Waals surface area contributed by atoms with Gasteiger partial charge in [-0.25, -0.2) is 4.98 Å². The summed E-state index contributed by atoms with van der Waals surface area (Å²) < 4.78 is 0.922. The Morgan fingerprint density at radius 1 is 1.63 bits per heavy atom. The van der Waals surface area contributed by atoms with E-state index >= 15 is 0 Å². The van der Waals surface area contributed by atoms with Crippen LogP contribution in [-0.2, 0) is 4.79 Å². The van der Waals surface area contributed by atoms with Gasteiger partial charge in [0.25, 0.3) is 0 Å². The number of rotatable bonds is 4. The standard InChI is InChI=1S/C12H12ClN3OS2/c1-2-7(10(14)18)11(17)16-12-15-8-4-3-6(13)5-9(8)19-12/h3-5,7H,2H2,1H3,(H2,14,18)(H,15,16,17). The summed E-state index contributed by atoms with van der Waals surface area (Å²) in [5.74, 6) is -0.689. The third-order valence-electron chi connectivity index (χ3n) is 2.65. The molecule has 0 aliphatic carbocycles. The van der Waals surface area contributed by atoms with Crippen LogP contribution in [0.1, 0.15) is 13.3 Å². The Hall–Kier alpha value is -1.24. The number of halogens is 1. The molecule has 19 heavy (non-hydrogen) atoms. The van der Waals surface area contributed by atoms with E-state index in [1.807, 2.05) is 19.1 Å². The highest BCUT2D eigenvalue weighted by Gasteiger charge is 2.20. The normalized spacial score (nSPS) is 12.3. The Kier molecular flexibility index (Phi) is 4.34. The van der Waals surface area contributed by atoms with Crippen molar-refractivity contribution < 1.29 is 4.79 Å². The first kappa shape index (κ1) is 14.2. The maximum absolute atomic E-state index is 12.0. The van der Waals surface area contributed by atoms with Crippen LogP contribution >= 0.6 is 35.2 Å². The van der Waals surface area contributed by atoms with Crippen molar-refractivity contribution >= 4 is 61.4 Å². The van der Waals surface area contributed by atoms with Crippen molar-refractivity contribution in [1.29, 1.82) is 0 Å². The number of hydrogen-bond acceptors (Lipinski definition) is 4. The van der Waals surface area contributed by atoms with E-state index in [2.05, 4.69) is 10.3 Å². The minimum absolute atomic E-state index is 0.198. The summed E-state index contributed by atoms with van der Waals surface area (Å²) in [6.07, 6.45) is 0.567.